The van der Waals surface area contributed by atoms with E-state index in [-0.39, 0.29) is 43.3 Å². The van der Waals surface area contributed by atoms with Crippen molar-refractivity contribution in [2.75, 3.05) is 23.0 Å². The van der Waals surface area contributed by atoms with Gasteiger partial charge >= 0.3 is 0 Å². The van der Waals surface area contributed by atoms with Crippen LogP contribution in [0.15, 0.2) is 79.4 Å². The van der Waals surface area contributed by atoms with Gasteiger partial charge in [0.2, 0.25) is 11.8 Å². The van der Waals surface area contributed by atoms with Crippen LogP contribution in [-0.2, 0) is 44.1 Å². The first-order valence-corrected chi connectivity index (χ1v) is 19.9. The Morgan fingerprint density at radius 1 is 1.02 bits per heavy atom. The van der Waals surface area contributed by atoms with Gasteiger partial charge in [-0.25, -0.2) is 0 Å². The Bertz CT molecular complexity index is 1800. The minimum Gasteiger partial charge on any atom is -0.432 e. The van der Waals surface area contributed by atoms with Gasteiger partial charge in [0.15, 0.2) is 13.9 Å². The molecule has 5 atom stereocenters. The van der Waals surface area contributed by atoms with Crippen molar-refractivity contribution in [3.8, 4) is 0 Å². The number of amides is 3. The van der Waals surface area contributed by atoms with E-state index in [0.29, 0.717) is 42.7 Å². The van der Waals surface area contributed by atoms with Gasteiger partial charge in [-0.2, -0.15) is 0 Å². The molecular formula is C38H43N3O6Si. The summed E-state index contributed by atoms with van der Waals surface area (Å²) in [4.78, 5) is 59.1. The molecular weight excluding hydrogens is 623 g/mol. The number of benzene rings is 3. The van der Waals surface area contributed by atoms with Crippen LogP contribution in [0, 0.1) is 5.92 Å². The van der Waals surface area contributed by atoms with Crippen molar-refractivity contribution in [1.82, 2.24) is 4.90 Å². The SMILES string of the molecule is C=CCN1C(=O)[C@@]2(O[C@@H](CC(=O)N3Cc4ccccc4C[C@H]3CO)[C@H]([Si](C)(C)O)[C@H]2C)c2cc(N3C(=O)CCc4ccccc43)ccc21. The average Bonchev–Trinajstić information content (AvgIpc) is 3.49. The number of carbonyl (C=O) groups is 3. The molecule has 7 rings (SSSR count). The highest BCUT2D eigenvalue weighted by Gasteiger charge is 2.66. The van der Waals surface area contributed by atoms with Crippen LogP contribution in [0.25, 0.3) is 0 Å². The molecule has 9 nitrogen and oxygen atoms in total. The molecule has 1 saturated heterocycles. The molecule has 10 heteroatoms. The lowest BCUT2D eigenvalue weighted by Crippen LogP contribution is -2.48. The molecule has 1 spiro atoms. The van der Waals surface area contributed by atoms with E-state index in [1.165, 1.54) is 0 Å². The molecule has 0 aromatic heterocycles. The van der Waals surface area contributed by atoms with Crippen molar-refractivity contribution in [2.45, 2.75) is 75.5 Å². The van der Waals surface area contributed by atoms with Gasteiger partial charge in [0, 0.05) is 42.2 Å². The molecule has 3 amide bonds. The number of carbonyl (C=O) groups excluding carboxylic acids is 3. The topological polar surface area (TPSA) is 111 Å². The molecule has 3 aromatic carbocycles. The zero-order valence-corrected chi connectivity index (χ0v) is 28.8. The molecule has 0 radical (unpaired) electrons. The molecule has 0 bridgehead atoms. The lowest BCUT2D eigenvalue weighted by molar-refractivity contribution is -0.150. The standard InChI is InChI=1S/C38H43N3O6Si/c1-5-18-39-32-16-15-28(41-31-13-9-8-10-25(31)14-17-34(41)43)20-30(32)38(37(39)45)24(2)36(48(3,4)46)33(47-38)21-35(44)40-22-27-12-7-6-11-26(27)19-29(40)23-42/h5-13,15-16,20,24,29,33,36,42,46H,1,14,17-19,21-23H2,2-4H3/t24-,29+,33+,36-,38+/m1/s1. The number of aliphatic hydroxyl groups excluding tert-OH is 1. The number of rotatable bonds is 7. The predicted octanol–water partition coefficient (Wildman–Crippen LogP) is 4.96. The highest BCUT2D eigenvalue weighted by molar-refractivity contribution is 6.71. The first-order valence-electron chi connectivity index (χ1n) is 16.8. The second-order valence-corrected chi connectivity index (χ2v) is 18.1. The lowest BCUT2D eigenvalue weighted by atomic mass is 9.82. The molecule has 4 heterocycles. The van der Waals surface area contributed by atoms with Crippen molar-refractivity contribution in [1.29, 1.82) is 0 Å². The second-order valence-electron chi connectivity index (χ2n) is 14.2. The maximum Gasteiger partial charge on any atom is 0.264 e. The predicted molar refractivity (Wildman–Crippen MR) is 186 cm³/mol. The highest BCUT2D eigenvalue weighted by atomic mass is 28.4. The van der Waals surface area contributed by atoms with E-state index in [9.17, 15) is 24.3 Å². The second kappa shape index (κ2) is 12.1. The van der Waals surface area contributed by atoms with Crippen LogP contribution < -0.4 is 9.80 Å². The first kappa shape index (κ1) is 32.5. The third kappa shape index (κ3) is 5.04. The quantitative estimate of drug-likeness (QED) is 0.273. The summed E-state index contributed by atoms with van der Waals surface area (Å²) >= 11 is 0. The summed E-state index contributed by atoms with van der Waals surface area (Å²) in [7, 11) is -3.04. The molecule has 0 saturated carbocycles. The molecule has 0 aliphatic carbocycles. The largest absolute Gasteiger partial charge is 0.432 e. The summed E-state index contributed by atoms with van der Waals surface area (Å²) in [6.07, 6.45) is 2.49. The normalized spacial score (nSPS) is 26.5. The van der Waals surface area contributed by atoms with Crippen molar-refractivity contribution >= 4 is 43.1 Å². The van der Waals surface area contributed by atoms with Crippen molar-refractivity contribution < 1.29 is 29.0 Å². The van der Waals surface area contributed by atoms with Crippen LogP contribution >= 0.6 is 0 Å². The first-order chi connectivity index (χ1) is 23.0. The van der Waals surface area contributed by atoms with Gasteiger partial charge in [-0.3, -0.25) is 19.3 Å². The van der Waals surface area contributed by atoms with Gasteiger partial charge < -0.3 is 24.4 Å². The monoisotopic (exact) mass is 665 g/mol. The number of nitrogens with zero attached hydrogens (tertiary/aromatic N) is 3. The number of aliphatic hydroxyl groups is 1. The molecule has 1 fully saturated rings. The Morgan fingerprint density at radius 2 is 1.73 bits per heavy atom. The van der Waals surface area contributed by atoms with Gasteiger partial charge in [-0.1, -0.05) is 55.5 Å². The molecule has 4 aliphatic heterocycles. The Hall–Kier alpha value is -4.09. The third-order valence-corrected chi connectivity index (χ3v) is 13.4. The Morgan fingerprint density at radius 3 is 2.44 bits per heavy atom. The van der Waals surface area contributed by atoms with E-state index in [2.05, 4.69) is 6.58 Å². The van der Waals surface area contributed by atoms with Gasteiger partial charge in [0.25, 0.3) is 5.91 Å². The number of anilines is 3. The summed E-state index contributed by atoms with van der Waals surface area (Å²) in [6.45, 7) is 9.98. The smallest absolute Gasteiger partial charge is 0.264 e. The number of ether oxygens (including phenoxy) is 1. The molecule has 250 valence electrons. The van der Waals surface area contributed by atoms with Crippen LogP contribution in [0.1, 0.15) is 42.0 Å². The van der Waals surface area contributed by atoms with Crippen LogP contribution in [-0.4, -0.2) is 66.1 Å². The zero-order chi connectivity index (χ0) is 34.0. The molecule has 48 heavy (non-hydrogen) atoms. The summed E-state index contributed by atoms with van der Waals surface area (Å²) in [5.74, 6) is -0.940. The number of aryl methyl sites for hydroxylation is 1. The third-order valence-electron chi connectivity index (χ3n) is 10.9. The fraction of sp³-hybridized carbons (Fsp3) is 0.395. The van der Waals surface area contributed by atoms with E-state index in [0.717, 1.165) is 22.4 Å². The fourth-order valence-corrected chi connectivity index (χ4v) is 11.3. The van der Waals surface area contributed by atoms with E-state index < -0.39 is 31.5 Å². The van der Waals surface area contributed by atoms with Crippen LogP contribution in [0.2, 0.25) is 18.6 Å². The lowest BCUT2D eigenvalue weighted by Gasteiger charge is -2.37. The van der Waals surface area contributed by atoms with E-state index in [4.69, 9.17) is 4.74 Å². The maximum absolute atomic E-state index is 14.7. The van der Waals surface area contributed by atoms with Crippen LogP contribution in [0.5, 0.6) is 0 Å². The molecule has 2 N–H and O–H groups in total. The molecule has 3 aromatic rings. The number of para-hydroxylation sites is 1. The molecule has 0 unspecified atom stereocenters. The summed E-state index contributed by atoms with van der Waals surface area (Å²) in [5.41, 5.74) is 4.09. The minimum atomic E-state index is -3.04. The van der Waals surface area contributed by atoms with Crippen LogP contribution in [0.3, 0.4) is 0 Å². The number of hydrogen-bond donors (Lipinski definition) is 2. The summed E-state index contributed by atoms with van der Waals surface area (Å²) < 4.78 is 6.95. The fourth-order valence-electron chi connectivity index (χ4n) is 8.76. The minimum absolute atomic E-state index is 0.0258. The highest BCUT2D eigenvalue weighted by Crippen LogP contribution is 2.60. The Labute approximate surface area is 282 Å². The Kier molecular flexibility index (Phi) is 8.18. The zero-order valence-electron chi connectivity index (χ0n) is 27.8. The average molecular weight is 666 g/mol. The van der Waals surface area contributed by atoms with Crippen LogP contribution in [0.4, 0.5) is 17.1 Å². The van der Waals surface area contributed by atoms with E-state index in [1.54, 1.807) is 20.8 Å². The van der Waals surface area contributed by atoms with Crippen molar-refractivity contribution in [2.24, 2.45) is 5.92 Å². The number of fused-ring (bicyclic) bond motifs is 4. The van der Waals surface area contributed by atoms with E-state index >= 15 is 0 Å². The van der Waals surface area contributed by atoms with Gasteiger partial charge in [0.1, 0.15) is 0 Å². The van der Waals surface area contributed by atoms with Gasteiger partial charge in [-0.05, 0) is 66.9 Å². The molecule has 4 aliphatic rings. The van der Waals surface area contributed by atoms with E-state index in [1.807, 2.05) is 86.7 Å². The maximum atomic E-state index is 14.7. The van der Waals surface area contributed by atoms with Crippen molar-refractivity contribution in [3.05, 3.63) is 102 Å². The van der Waals surface area contributed by atoms with Gasteiger partial charge in [-0.15, -0.1) is 6.58 Å². The Balaban J connectivity index is 1.29. The van der Waals surface area contributed by atoms with Gasteiger partial charge in [0.05, 0.1) is 36.5 Å². The van der Waals surface area contributed by atoms with Crippen molar-refractivity contribution in [3.63, 3.8) is 0 Å². The number of hydrogen-bond acceptors (Lipinski definition) is 6. The summed E-state index contributed by atoms with van der Waals surface area (Å²) in [6, 6.07) is 21.1. The summed E-state index contributed by atoms with van der Waals surface area (Å²) in [5, 5.41) is 10.3.